The minimum Gasteiger partial charge on any atom is -0.362 e. The van der Waals surface area contributed by atoms with Gasteiger partial charge in [-0.25, -0.2) is 0 Å². The van der Waals surface area contributed by atoms with Crippen LogP contribution in [0.5, 0.6) is 0 Å². The number of aryl methyl sites for hydroxylation is 1. The first kappa shape index (κ1) is 20.6. The number of carbonyl (C=O) groups excluding carboxylic acids is 2. The number of thioether (sulfide) groups is 1. The van der Waals surface area contributed by atoms with Gasteiger partial charge in [-0.3, -0.25) is 19.7 Å². The Kier molecular flexibility index (Phi) is 6.70. The van der Waals surface area contributed by atoms with Crippen LogP contribution in [0.4, 0.5) is 17.2 Å². The second-order valence-electron chi connectivity index (χ2n) is 6.48. The number of benzene rings is 1. The third-order valence-corrected chi connectivity index (χ3v) is 5.32. The number of para-hydroxylation sites is 2. The van der Waals surface area contributed by atoms with Gasteiger partial charge in [0.25, 0.3) is 5.69 Å². The summed E-state index contributed by atoms with van der Waals surface area (Å²) < 4.78 is 4.87. The zero-order valence-electron chi connectivity index (χ0n) is 15.9. The standard InChI is InChI=1S/C18H21N5O5S/c1-13-10-16(20-28-13)19-17(24)11-29-12-18(25)22-8-6-21(7-9-22)14-4-2-3-5-15(14)23(26)27/h2-5,10H,6-9,11-12H2,1H3,(H,19,20,24). The molecule has 11 heteroatoms. The molecule has 10 nitrogen and oxygen atoms in total. The molecule has 0 unspecified atom stereocenters. The van der Waals surface area contributed by atoms with Gasteiger partial charge in [0.1, 0.15) is 11.4 Å². The molecule has 29 heavy (non-hydrogen) atoms. The van der Waals surface area contributed by atoms with Crippen molar-refractivity contribution >= 4 is 40.8 Å². The highest BCUT2D eigenvalue weighted by Gasteiger charge is 2.25. The van der Waals surface area contributed by atoms with Crippen LogP contribution in [0.2, 0.25) is 0 Å². The maximum atomic E-state index is 12.4. The van der Waals surface area contributed by atoms with Crippen LogP contribution in [0.1, 0.15) is 5.76 Å². The number of aromatic nitrogens is 1. The molecule has 1 aromatic carbocycles. The summed E-state index contributed by atoms with van der Waals surface area (Å²) in [6, 6.07) is 8.22. The van der Waals surface area contributed by atoms with Crippen molar-refractivity contribution in [2.75, 3.05) is 47.9 Å². The summed E-state index contributed by atoms with van der Waals surface area (Å²) >= 11 is 1.23. The summed E-state index contributed by atoms with van der Waals surface area (Å²) in [5.41, 5.74) is 0.634. The van der Waals surface area contributed by atoms with Crippen LogP contribution in [-0.2, 0) is 9.59 Å². The minimum atomic E-state index is -0.394. The van der Waals surface area contributed by atoms with E-state index in [1.165, 1.54) is 17.8 Å². The van der Waals surface area contributed by atoms with E-state index < -0.39 is 4.92 Å². The van der Waals surface area contributed by atoms with Gasteiger partial charge in [-0.1, -0.05) is 17.3 Å². The Morgan fingerprint density at radius 3 is 2.62 bits per heavy atom. The molecule has 1 aliphatic heterocycles. The molecule has 0 atom stereocenters. The molecule has 2 amide bonds. The van der Waals surface area contributed by atoms with Crippen molar-refractivity contribution in [2.24, 2.45) is 0 Å². The summed E-state index contributed by atoms with van der Waals surface area (Å²) in [5, 5.41) is 17.5. The lowest BCUT2D eigenvalue weighted by atomic mass is 10.2. The average Bonchev–Trinajstić information content (AvgIpc) is 3.12. The van der Waals surface area contributed by atoms with E-state index in [1.807, 2.05) is 4.90 Å². The zero-order valence-corrected chi connectivity index (χ0v) is 16.7. The summed E-state index contributed by atoms with van der Waals surface area (Å²) in [5.74, 6) is 0.971. The van der Waals surface area contributed by atoms with Crippen LogP contribution >= 0.6 is 11.8 Å². The van der Waals surface area contributed by atoms with Crippen LogP contribution in [0, 0.1) is 17.0 Å². The number of nitrogens with zero attached hydrogens (tertiary/aromatic N) is 4. The van der Waals surface area contributed by atoms with Crippen molar-refractivity contribution < 1.29 is 19.0 Å². The summed E-state index contributed by atoms with van der Waals surface area (Å²) in [4.78, 5) is 38.7. The van der Waals surface area contributed by atoms with Crippen molar-refractivity contribution in [1.82, 2.24) is 10.1 Å². The van der Waals surface area contributed by atoms with Gasteiger partial charge >= 0.3 is 0 Å². The number of amides is 2. The Morgan fingerprint density at radius 2 is 1.97 bits per heavy atom. The fraction of sp³-hybridized carbons (Fsp3) is 0.389. The Hall–Kier alpha value is -3.08. The van der Waals surface area contributed by atoms with Crippen LogP contribution < -0.4 is 10.2 Å². The molecule has 0 aliphatic carbocycles. The van der Waals surface area contributed by atoms with Crippen molar-refractivity contribution in [1.29, 1.82) is 0 Å². The number of nitro groups is 1. The number of anilines is 2. The van der Waals surface area contributed by atoms with E-state index in [4.69, 9.17) is 4.52 Å². The quantitative estimate of drug-likeness (QED) is 0.533. The van der Waals surface area contributed by atoms with Gasteiger partial charge in [-0.05, 0) is 13.0 Å². The molecule has 1 N–H and O–H groups in total. The van der Waals surface area contributed by atoms with Crippen LogP contribution in [-0.4, -0.2) is 64.5 Å². The number of piperazine rings is 1. The van der Waals surface area contributed by atoms with E-state index in [9.17, 15) is 19.7 Å². The fourth-order valence-electron chi connectivity index (χ4n) is 3.01. The first-order chi connectivity index (χ1) is 13.9. The molecule has 2 heterocycles. The lowest BCUT2D eigenvalue weighted by Crippen LogP contribution is -2.49. The smallest absolute Gasteiger partial charge is 0.292 e. The zero-order chi connectivity index (χ0) is 20.8. The SMILES string of the molecule is Cc1cc(NC(=O)CSCC(=O)N2CCN(c3ccccc3[N+](=O)[O-])CC2)no1. The molecule has 2 aromatic rings. The Labute approximate surface area is 171 Å². The van der Waals surface area contributed by atoms with Gasteiger partial charge in [-0.2, -0.15) is 0 Å². The Morgan fingerprint density at radius 1 is 1.24 bits per heavy atom. The lowest BCUT2D eigenvalue weighted by Gasteiger charge is -2.35. The predicted molar refractivity (Wildman–Crippen MR) is 109 cm³/mol. The molecule has 0 saturated carbocycles. The molecule has 1 fully saturated rings. The molecule has 0 spiro atoms. The number of carbonyl (C=O) groups is 2. The minimum absolute atomic E-state index is 0.0534. The molecule has 1 saturated heterocycles. The molecule has 0 radical (unpaired) electrons. The van der Waals surface area contributed by atoms with Crippen LogP contribution in [0.15, 0.2) is 34.9 Å². The predicted octanol–water partition coefficient (Wildman–Crippen LogP) is 1.91. The highest BCUT2D eigenvalue weighted by Crippen LogP contribution is 2.28. The maximum Gasteiger partial charge on any atom is 0.292 e. The molecule has 1 aromatic heterocycles. The second kappa shape index (κ2) is 9.41. The van der Waals surface area contributed by atoms with Gasteiger partial charge in [0.05, 0.1) is 16.4 Å². The molecule has 154 valence electrons. The number of nitro benzene ring substituents is 1. The van der Waals surface area contributed by atoms with Crippen molar-refractivity contribution in [3.05, 3.63) is 46.2 Å². The van der Waals surface area contributed by atoms with E-state index >= 15 is 0 Å². The Bertz CT molecular complexity index is 894. The van der Waals surface area contributed by atoms with Crippen LogP contribution in [0.25, 0.3) is 0 Å². The second-order valence-corrected chi connectivity index (χ2v) is 7.46. The number of hydrogen-bond donors (Lipinski definition) is 1. The highest BCUT2D eigenvalue weighted by atomic mass is 32.2. The molecular weight excluding hydrogens is 398 g/mol. The van der Waals surface area contributed by atoms with Gasteiger partial charge in [-0.15, -0.1) is 11.8 Å². The van der Waals surface area contributed by atoms with Crippen molar-refractivity contribution in [3.63, 3.8) is 0 Å². The third-order valence-electron chi connectivity index (χ3n) is 4.41. The van der Waals surface area contributed by atoms with Crippen molar-refractivity contribution in [2.45, 2.75) is 6.92 Å². The first-order valence-corrected chi connectivity index (χ1v) is 10.2. The average molecular weight is 419 g/mol. The number of hydrogen-bond acceptors (Lipinski definition) is 8. The van der Waals surface area contributed by atoms with Gasteiger partial charge in [0, 0.05) is 38.3 Å². The molecule has 3 rings (SSSR count). The van der Waals surface area contributed by atoms with Gasteiger partial charge in [0.2, 0.25) is 11.8 Å². The molecular formula is C18H21N5O5S. The Balaban J connectivity index is 1.42. The van der Waals surface area contributed by atoms with E-state index in [0.717, 1.165) is 0 Å². The normalized spacial score (nSPS) is 14.0. The van der Waals surface area contributed by atoms with E-state index in [2.05, 4.69) is 10.5 Å². The van der Waals surface area contributed by atoms with E-state index in [1.54, 1.807) is 36.1 Å². The van der Waals surface area contributed by atoms with Gasteiger partial charge in [0.15, 0.2) is 5.82 Å². The van der Waals surface area contributed by atoms with E-state index in [-0.39, 0.29) is 29.0 Å². The monoisotopic (exact) mass is 419 g/mol. The maximum absolute atomic E-state index is 12.4. The first-order valence-electron chi connectivity index (χ1n) is 9.01. The molecule has 1 aliphatic rings. The summed E-state index contributed by atoms with van der Waals surface area (Å²) in [7, 11) is 0. The number of rotatable bonds is 7. The summed E-state index contributed by atoms with van der Waals surface area (Å²) in [6.07, 6.45) is 0. The van der Waals surface area contributed by atoms with E-state index in [0.29, 0.717) is 43.4 Å². The van der Waals surface area contributed by atoms with Gasteiger partial charge < -0.3 is 19.6 Å². The highest BCUT2D eigenvalue weighted by molar-refractivity contribution is 8.00. The van der Waals surface area contributed by atoms with Crippen LogP contribution in [0.3, 0.4) is 0 Å². The largest absolute Gasteiger partial charge is 0.362 e. The fourth-order valence-corrected chi connectivity index (χ4v) is 3.73. The molecule has 0 bridgehead atoms. The number of nitrogens with one attached hydrogen (secondary N) is 1. The van der Waals surface area contributed by atoms with Crippen molar-refractivity contribution in [3.8, 4) is 0 Å². The summed E-state index contributed by atoms with van der Waals surface area (Å²) in [6.45, 7) is 3.73. The lowest BCUT2D eigenvalue weighted by molar-refractivity contribution is -0.384. The third kappa shape index (κ3) is 5.47. The topological polar surface area (TPSA) is 122 Å².